The van der Waals surface area contributed by atoms with Gasteiger partial charge >= 0.3 is 0 Å². The van der Waals surface area contributed by atoms with Crippen molar-refractivity contribution in [1.29, 1.82) is 0 Å². The molecule has 2 rings (SSSR count). The van der Waals surface area contributed by atoms with Gasteiger partial charge in [-0.05, 0) is 29.8 Å². The van der Waals surface area contributed by atoms with Gasteiger partial charge in [0.05, 0.1) is 22.5 Å². The smallest absolute Gasteiger partial charge is 0.290 e. The molecule has 0 atom stereocenters. The van der Waals surface area contributed by atoms with Crippen LogP contribution >= 0.6 is 12.6 Å². The first-order chi connectivity index (χ1) is 8.63. The van der Waals surface area contributed by atoms with Crippen molar-refractivity contribution in [2.45, 2.75) is 4.90 Å². The van der Waals surface area contributed by atoms with Crippen LogP contribution in [0.3, 0.4) is 0 Å². The van der Waals surface area contributed by atoms with Gasteiger partial charge in [0, 0.05) is 29.6 Å². The topological polar surface area (TPSA) is 52.4 Å². The Balaban J connectivity index is 0.00000180. The molecule has 0 heterocycles. The molecular weight excluding hydrogens is 273 g/mol. The number of para-hydroxylation sites is 1. The second-order valence-electron chi connectivity index (χ2n) is 3.66. The van der Waals surface area contributed by atoms with Crippen molar-refractivity contribution in [3.8, 4) is 16.9 Å². The van der Waals surface area contributed by atoms with Gasteiger partial charge in [-0.15, -0.1) is 12.6 Å². The summed E-state index contributed by atoms with van der Waals surface area (Å²) < 4.78 is 5.06. The van der Waals surface area contributed by atoms with Crippen molar-refractivity contribution in [3.05, 3.63) is 52.6 Å². The minimum atomic E-state index is -0.415. The molecule has 0 aliphatic carbocycles. The van der Waals surface area contributed by atoms with E-state index in [1.54, 1.807) is 49.6 Å². The number of thiol groups is 1. The largest absolute Gasteiger partial charge is 0.497 e. The van der Waals surface area contributed by atoms with E-state index < -0.39 is 4.92 Å². The van der Waals surface area contributed by atoms with Crippen LogP contribution < -0.4 is 4.74 Å². The average molecular weight is 284 g/mol. The Morgan fingerprint density at radius 2 is 1.79 bits per heavy atom. The standard InChI is InChI=1S/C13H11NO3S.Na/c1-17-10-7-5-9(6-8-10)11-3-2-4-12(18)13(11)14(15)16;/h2-8,18H,1H3;. The van der Waals surface area contributed by atoms with Crippen LogP contribution in [-0.4, -0.2) is 41.6 Å². The monoisotopic (exact) mass is 284 g/mol. The maximum Gasteiger partial charge on any atom is 0.290 e. The summed E-state index contributed by atoms with van der Waals surface area (Å²) in [5.74, 6) is 0.712. The maximum atomic E-state index is 11.1. The van der Waals surface area contributed by atoms with Gasteiger partial charge in [0.1, 0.15) is 5.75 Å². The van der Waals surface area contributed by atoms with Gasteiger partial charge < -0.3 is 4.74 Å². The van der Waals surface area contributed by atoms with E-state index in [0.29, 0.717) is 16.2 Å². The Hall–Kier alpha value is -1.01. The molecule has 0 aliphatic heterocycles. The Morgan fingerprint density at radius 3 is 2.32 bits per heavy atom. The molecule has 0 spiro atoms. The zero-order valence-corrected chi connectivity index (χ0v) is 13.6. The van der Waals surface area contributed by atoms with Crippen molar-refractivity contribution < 1.29 is 9.66 Å². The van der Waals surface area contributed by atoms with Crippen molar-refractivity contribution in [2.75, 3.05) is 7.11 Å². The van der Waals surface area contributed by atoms with Crippen LogP contribution in [0.1, 0.15) is 0 Å². The third-order valence-corrected chi connectivity index (χ3v) is 2.96. The van der Waals surface area contributed by atoms with E-state index in [1.807, 2.05) is 0 Å². The zero-order chi connectivity index (χ0) is 13.1. The molecule has 0 amide bonds. The summed E-state index contributed by atoms with van der Waals surface area (Å²) >= 11 is 4.13. The van der Waals surface area contributed by atoms with E-state index in [2.05, 4.69) is 12.6 Å². The number of rotatable bonds is 3. The fourth-order valence-electron chi connectivity index (χ4n) is 1.73. The quantitative estimate of drug-likeness (QED) is 0.407. The van der Waals surface area contributed by atoms with Crippen LogP contribution in [0, 0.1) is 10.1 Å². The molecule has 0 saturated heterocycles. The van der Waals surface area contributed by atoms with Crippen LogP contribution in [-0.2, 0) is 0 Å². The number of hydrogen-bond donors (Lipinski definition) is 1. The van der Waals surface area contributed by atoms with E-state index in [4.69, 9.17) is 4.74 Å². The number of ether oxygens (including phenoxy) is 1. The fourth-order valence-corrected chi connectivity index (χ4v) is 2.01. The number of benzene rings is 2. The molecule has 2 aromatic rings. The molecule has 6 heteroatoms. The van der Waals surface area contributed by atoms with Gasteiger partial charge in [-0.1, -0.05) is 18.2 Å². The average Bonchev–Trinajstić information content (AvgIpc) is 2.38. The van der Waals surface area contributed by atoms with Gasteiger partial charge in [-0.3, -0.25) is 10.1 Å². The number of nitrogens with zero attached hydrogens (tertiary/aromatic N) is 1. The first kappa shape index (κ1) is 16.0. The predicted octanol–water partition coefficient (Wildman–Crippen LogP) is 3.18. The van der Waals surface area contributed by atoms with E-state index in [-0.39, 0.29) is 35.2 Å². The van der Waals surface area contributed by atoms with Crippen LogP contribution in [0.4, 0.5) is 5.69 Å². The molecule has 93 valence electrons. The van der Waals surface area contributed by atoms with Crippen LogP contribution in [0.15, 0.2) is 47.4 Å². The molecule has 0 aromatic heterocycles. The Kier molecular flexibility index (Phi) is 5.87. The van der Waals surface area contributed by atoms with Crippen molar-refractivity contribution in [3.63, 3.8) is 0 Å². The summed E-state index contributed by atoms with van der Waals surface area (Å²) in [6, 6.07) is 12.2. The molecule has 4 nitrogen and oxygen atoms in total. The first-order valence-electron chi connectivity index (χ1n) is 5.24. The first-order valence-corrected chi connectivity index (χ1v) is 5.69. The maximum absolute atomic E-state index is 11.1. The third kappa shape index (κ3) is 3.51. The molecule has 0 saturated carbocycles. The zero-order valence-electron chi connectivity index (χ0n) is 10.7. The van der Waals surface area contributed by atoms with Crippen molar-refractivity contribution in [2.24, 2.45) is 0 Å². The summed E-state index contributed by atoms with van der Waals surface area (Å²) in [5.41, 5.74) is 1.33. The predicted molar refractivity (Wildman–Crippen MR) is 78.1 cm³/mol. The second-order valence-corrected chi connectivity index (χ2v) is 4.14. The summed E-state index contributed by atoms with van der Waals surface area (Å²) in [5, 5.41) is 11.1. The Morgan fingerprint density at radius 1 is 1.16 bits per heavy atom. The van der Waals surface area contributed by atoms with E-state index in [9.17, 15) is 10.1 Å². The van der Waals surface area contributed by atoms with E-state index in [1.165, 1.54) is 0 Å². The normalized spacial score (nSPS) is 9.58. The van der Waals surface area contributed by atoms with Gasteiger partial charge in [0.2, 0.25) is 0 Å². The summed E-state index contributed by atoms with van der Waals surface area (Å²) in [6.45, 7) is 0. The van der Waals surface area contributed by atoms with Gasteiger partial charge in [0.15, 0.2) is 0 Å². The molecule has 0 N–H and O–H groups in total. The minimum Gasteiger partial charge on any atom is -0.497 e. The molecule has 0 bridgehead atoms. The molecular formula is C13H11NNaO3S. The van der Waals surface area contributed by atoms with Gasteiger partial charge in [-0.2, -0.15) is 0 Å². The Labute approximate surface area is 138 Å². The summed E-state index contributed by atoms with van der Waals surface area (Å²) in [6.07, 6.45) is 0. The fraction of sp³-hybridized carbons (Fsp3) is 0.0769. The van der Waals surface area contributed by atoms with Gasteiger partial charge in [0.25, 0.3) is 5.69 Å². The number of nitro groups is 1. The molecule has 1 radical (unpaired) electrons. The third-order valence-electron chi connectivity index (χ3n) is 2.60. The van der Waals surface area contributed by atoms with E-state index in [0.717, 1.165) is 5.56 Å². The second kappa shape index (κ2) is 6.96. The number of methoxy groups -OCH3 is 1. The SMILES string of the molecule is COc1ccc(-c2cccc(S)c2[N+](=O)[O-])cc1.[Na]. The van der Waals surface area contributed by atoms with Crippen molar-refractivity contribution in [1.82, 2.24) is 0 Å². The number of nitro benzene ring substituents is 1. The molecule has 0 fully saturated rings. The van der Waals surface area contributed by atoms with Crippen LogP contribution in [0.25, 0.3) is 11.1 Å². The van der Waals surface area contributed by atoms with Crippen LogP contribution in [0.2, 0.25) is 0 Å². The molecule has 0 unspecified atom stereocenters. The number of hydrogen-bond acceptors (Lipinski definition) is 4. The molecule has 2 aromatic carbocycles. The molecule has 0 aliphatic rings. The van der Waals surface area contributed by atoms with Crippen LogP contribution in [0.5, 0.6) is 5.75 Å². The Bertz CT molecular complexity index is 587. The summed E-state index contributed by atoms with van der Waals surface area (Å²) in [4.78, 5) is 11.0. The van der Waals surface area contributed by atoms with Crippen molar-refractivity contribution >= 4 is 47.9 Å². The summed E-state index contributed by atoms with van der Waals surface area (Å²) in [7, 11) is 1.58. The minimum absolute atomic E-state index is 0. The van der Waals surface area contributed by atoms with E-state index >= 15 is 0 Å². The van der Waals surface area contributed by atoms with Gasteiger partial charge in [-0.25, -0.2) is 0 Å². The molecule has 19 heavy (non-hydrogen) atoms.